The van der Waals surface area contributed by atoms with Crippen molar-refractivity contribution in [3.8, 4) is 0 Å². The largest absolute Gasteiger partial charge is 0.344 e. The minimum absolute atomic E-state index is 0.146. The summed E-state index contributed by atoms with van der Waals surface area (Å²) in [4.78, 5) is 41.9. The number of nitrogens with zero attached hydrogens (tertiary/aromatic N) is 3. The number of anilines is 1. The van der Waals surface area contributed by atoms with Gasteiger partial charge in [0.1, 0.15) is 5.82 Å². The molecule has 0 radical (unpaired) electrons. The number of ketones is 1. The van der Waals surface area contributed by atoms with Crippen LogP contribution in [-0.4, -0.2) is 73.2 Å². The molecule has 0 spiro atoms. The number of carbonyl (C=O) groups excluding carboxylic acids is 3. The van der Waals surface area contributed by atoms with Crippen LogP contribution in [-0.2, 0) is 11.3 Å². The number of likely N-dealkylation sites (N-methyl/N-ethyl adjacent to an activating group) is 1. The van der Waals surface area contributed by atoms with E-state index in [-0.39, 0.29) is 18.1 Å². The summed E-state index contributed by atoms with van der Waals surface area (Å²) in [5, 5.41) is 1.88. The van der Waals surface area contributed by atoms with Crippen LogP contribution in [0, 0.1) is 5.82 Å². The Morgan fingerprint density at radius 3 is 2.29 bits per heavy atom. The van der Waals surface area contributed by atoms with E-state index in [0.29, 0.717) is 24.3 Å². The minimum atomic E-state index is -3.19. The molecule has 0 atom stereocenters. The lowest BCUT2D eigenvalue weighted by Crippen LogP contribution is -2.52. The molecule has 2 aromatic carbocycles. The molecule has 0 aliphatic carbocycles. The van der Waals surface area contributed by atoms with E-state index in [1.54, 1.807) is 23.1 Å². The molecular formula is C24H27F3N4O3. The van der Waals surface area contributed by atoms with E-state index in [1.807, 2.05) is 5.32 Å². The van der Waals surface area contributed by atoms with E-state index in [9.17, 15) is 27.6 Å². The Morgan fingerprint density at radius 2 is 1.71 bits per heavy atom. The predicted octanol–water partition coefficient (Wildman–Crippen LogP) is 3.15. The van der Waals surface area contributed by atoms with Gasteiger partial charge in [-0.1, -0.05) is 37.3 Å². The zero-order chi connectivity index (χ0) is 24.7. The summed E-state index contributed by atoms with van der Waals surface area (Å²) in [7, 11) is 0. The van der Waals surface area contributed by atoms with Crippen molar-refractivity contribution in [3.63, 3.8) is 0 Å². The maximum atomic E-state index is 13.9. The fourth-order valence-corrected chi connectivity index (χ4v) is 3.66. The minimum Gasteiger partial charge on any atom is -0.344 e. The lowest BCUT2D eigenvalue weighted by atomic mass is 10.1. The number of Topliss-reactive ketones (excluding diaryl/α,β-unsaturated/α-hetero) is 1. The van der Waals surface area contributed by atoms with E-state index in [1.165, 1.54) is 35.2 Å². The van der Waals surface area contributed by atoms with Crippen LogP contribution in [0.1, 0.15) is 22.8 Å². The number of carbonyl (C=O) groups is 3. The van der Waals surface area contributed by atoms with Crippen molar-refractivity contribution < 1.29 is 27.6 Å². The van der Waals surface area contributed by atoms with E-state index in [4.69, 9.17) is 0 Å². The Balaban J connectivity index is 1.73. The lowest BCUT2D eigenvalue weighted by molar-refractivity contribution is -0.131. The summed E-state index contributed by atoms with van der Waals surface area (Å²) < 4.78 is 38.5. The third kappa shape index (κ3) is 6.57. The fourth-order valence-electron chi connectivity index (χ4n) is 3.66. The van der Waals surface area contributed by atoms with Crippen LogP contribution in [0.25, 0.3) is 0 Å². The molecule has 3 amide bonds. The molecule has 7 nitrogen and oxygen atoms in total. The first kappa shape index (κ1) is 25.2. The molecule has 34 heavy (non-hydrogen) atoms. The molecular weight excluding hydrogens is 449 g/mol. The van der Waals surface area contributed by atoms with Crippen LogP contribution in [0.3, 0.4) is 0 Å². The highest BCUT2D eigenvalue weighted by Crippen LogP contribution is 2.21. The summed E-state index contributed by atoms with van der Waals surface area (Å²) in [5.41, 5.74) is 1.34. The number of rotatable bonds is 8. The molecule has 0 bridgehead atoms. The maximum Gasteiger partial charge on any atom is 0.324 e. The summed E-state index contributed by atoms with van der Waals surface area (Å²) in [6.07, 6.45) is -3.19. The Bertz CT molecular complexity index is 1010. The van der Waals surface area contributed by atoms with Crippen LogP contribution in [0.2, 0.25) is 0 Å². The summed E-state index contributed by atoms with van der Waals surface area (Å²) >= 11 is 0. The molecule has 182 valence electrons. The van der Waals surface area contributed by atoms with Crippen molar-refractivity contribution >= 4 is 23.4 Å². The number of halogens is 3. The fraction of sp³-hybridized carbons (Fsp3) is 0.375. The average Bonchev–Trinajstić information content (AvgIpc) is 2.85. The van der Waals surface area contributed by atoms with Crippen molar-refractivity contribution in [2.24, 2.45) is 0 Å². The monoisotopic (exact) mass is 476 g/mol. The van der Waals surface area contributed by atoms with Gasteiger partial charge in [-0.3, -0.25) is 14.5 Å². The van der Waals surface area contributed by atoms with Gasteiger partial charge in [-0.15, -0.1) is 0 Å². The van der Waals surface area contributed by atoms with Gasteiger partial charge in [-0.2, -0.15) is 8.78 Å². The van der Waals surface area contributed by atoms with Crippen LogP contribution < -0.4 is 10.2 Å². The highest BCUT2D eigenvalue weighted by Gasteiger charge is 2.26. The molecule has 10 heteroatoms. The molecule has 1 fully saturated rings. The Labute approximate surface area is 196 Å². The summed E-state index contributed by atoms with van der Waals surface area (Å²) in [6, 6.07) is 11.8. The van der Waals surface area contributed by atoms with Crippen molar-refractivity contribution in [3.05, 3.63) is 65.5 Å². The normalized spacial score (nSPS) is 14.2. The van der Waals surface area contributed by atoms with Crippen molar-refractivity contribution in [1.82, 2.24) is 15.1 Å². The van der Waals surface area contributed by atoms with Gasteiger partial charge < -0.3 is 15.1 Å². The van der Waals surface area contributed by atoms with Gasteiger partial charge in [0.05, 0.1) is 13.1 Å². The van der Waals surface area contributed by atoms with Gasteiger partial charge in [0, 0.05) is 37.4 Å². The Hall–Kier alpha value is -3.40. The average molecular weight is 476 g/mol. The third-order valence-electron chi connectivity index (χ3n) is 5.68. The standard InChI is InChI=1S/C24H27F3N4O3/c1-2-29-10-12-30(13-11-29)24(34)31(20-5-3-4-19(25)14-20)16-17-6-8-18(9-7-17)21(32)15-28-23(33)22(26)27/h3-9,14,22H,2,10-13,15-16H2,1H3,(H,28,33). The first-order valence-electron chi connectivity index (χ1n) is 11.0. The lowest BCUT2D eigenvalue weighted by Gasteiger charge is -2.37. The first-order chi connectivity index (χ1) is 16.3. The molecule has 3 rings (SSSR count). The second-order valence-corrected chi connectivity index (χ2v) is 7.91. The smallest absolute Gasteiger partial charge is 0.324 e. The number of hydrogen-bond donors (Lipinski definition) is 1. The topological polar surface area (TPSA) is 73.0 Å². The van der Waals surface area contributed by atoms with E-state index < -0.39 is 30.5 Å². The van der Waals surface area contributed by atoms with Gasteiger partial charge in [-0.05, 0) is 30.3 Å². The number of piperazine rings is 1. The van der Waals surface area contributed by atoms with Gasteiger partial charge in [0.2, 0.25) is 0 Å². The third-order valence-corrected chi connectivity index (χ3v) is 5.68. The van der Waals surface area contributed by atoms with Crippen LogP contribution in [0.4, 0.5) is 23.7 Å². The number of alkyl halides is 2. The van der Waals surface area contributed by atoms with Crippen LogP contribution in [0.5, 0.6) is 0 Å². The molecule has 0 saturated carbocycles. The first-order valence-corrected chi connectivity index (χ1v) is 11.0. The van der Waals surface area contributed by atoms with Crippen LogP contribution in [0.15, 0.2) is 48.5 Å². The molecule has 0 unspecified atom stereocenters. The zero-order valence-corrected chi connectivity index (χ0v) is 18.8. The highest BCUT2D eigenvalue weighted by atomic mass is 19.3. The van der Waals surface area contributed by atoms with E-state index in [0.717, 1.165) is 19.6 Å². The van der Waals surface area contributed by atoms with Crippen molar-refractivity contribution in [2.75, 3.05) is 44.2 Å². The number of urea groups is 1. The van der Waals surface area contributed by atoms with Gasteiger partial charge in [0.25, 0.3) is 5.91 Å². The number of hydrogen-bond acceptors (Lipinski definition) is 4. The summed E-state index contributed by atoms with van der Waals surface area (Å²) in [6.45, 7) is 5.24. The molecule has 1 N–H and O–H groups in total. The SMILES string of the molecule is CCN1CCN(C(=O)N(Cc2ccc(C(=O)CNC(=O)C(F)F)cc2)c2cccc(F)c2)CC1. The highest BCUT2D eigenvalue weighted by molar-refractivity contribution is 5.99. The van der Waals surface area contributed by atoms with Gasteiger partial charge in [0.15, 0.2) is 5.78 Å². The number of nitrogens with one attached hydrogen (secondary N) is 1. The van der Waals surface area contributed by atoms with E-state index >= 15 is 0 Å². The predicted molar refractivity (Wildman–Crippen MR) is 121 cm³/mol. The Morgan fingerprint density at radius 1 is 1.03 bits per heavy atom. The second kappa shape index (κ2) is 11.6. The molecule has 1 saturated heterocycles. The number of benzene rings is 2. The molecule has 1 heterocycles. The van der Waals surface area contributed by atoms with Gasteiger partial charge in [-0.25, -0.2) is 9.18 Å². The van der Waals surface area contributed by atoms with Crippen molar-refractivity contribution in [1.29, 1.82) is 0 Å². The molecule has 1 aliphatic heterocycles. The summed E-state index contributed by atoms with van der Waals surface area (Å²) in [5.74, 6) is -2.49. The van der Waals surface area contributed by atoms with E-state index in [2.05, 4.69) is 11.8 Å². The van der Waals surface area contributed by atoms with Gasteiger partial charge >= 0.3 is 12.5 Å². The zero-order valence-electron chi connectivity index (χ0n) is 18.8. The maximum absolute atomic E-state index is 13.9. The number of amides is 3. The Kier molecular flexibility index (Phi) is 8.64. The molecule has 1 aliphatic rings. The van der Waals surface area contributed by atoms with Crippen LogP contribution >= 0.6 is 0 Å². The quantitative estimate of drug-likeness (QED) is 0.595. The van der Waals surface area contributed by atoms with Crippen molar-refractivity contribution in [2.45, 2.75) is 19.9 Å². The molecule has 0 aromatic heterocycles. The second-order valence-electron chi connectivity index (χ2n) is 7.91. The molecule has 2 aromatic rings.